The van der Waals surface area contributed by atoms with Crippen LogP contribution in [0, 0.1) is 0 Å². The standard InChI is InChI=1S/C33H33N5O5S2/c1-22(39)35-36-32(41)30-27-17-19-37(20-23-8-3-2-4-9-23)21-29(27)44-33(30)34-31(40)25-13-15-26(16-14-25)45(42,43)38-18-7-11-24-10-5-6-12-28(24)38/h2-6,8-10,12-16H,7,11,17-21H2,1H3,(H,34,40)(H,35,39)(H,36,41). The van der Waals surface area contributed by atoms with Gasteiger partial charge in [0.15, 0.2) is 0 Å². The first-order chi connectivity index (χ1) is 21.7. The predicted octanol–water partition coefficient (Wildman–Crippen LogP) is 4.48. The Hall–Kier alpha value is -4.52. The Bertz CT molecular complexity index is 1860. The van der Waals surface area contributed by atoms with Crippen LogP contribution in [0.5, 0.6) is 0 Å². The van der Waals surface area contributed by atoms with Crippen LogP contribution in [0.25, 0.3) is 0 Å². The van der Waals surface area contributed by atoms with Gasteiger partial charge >= 0.3 is 0 Å². The van der Waals surface area contributed by atoms with Gasteiger partial charge in [-0.3, -0.25) is 34.4 Å². The molecule has 0 spiro atoms. The Kier molecular flexibility index (Phi) is 8.70. The molecule has 4 aromatic rings. The molecule has 3 aromatic carbocycles. The Morgan fingerprint density at radius 2 is 1.58 bits per heavy atom. The van der Waals surface area contributed by atoms with Crippen LogP contribution in [0.2, 0.25) is 0 Å². The number of aryl methyl sites for hydroxylation is 1. The van der Waals surface area contributed by atoms with Gasteiger partial charge in [-0.2, -0.15) is 0 Å². The minimum atomic E-state index is -3.83. The number of rotatable bonds is 7. The van der Waals surface area contributed by atoms with Crippen molar-refractivity contribution in [1.29, 1.82) is 0 Å². The van der Waals surface area contributed by atoms with Crippen LogP contribution in [-0.2, 0) is 40.7 Å². The van der Waals surface area contributed by atoms with Gasteiger partial charge in [-0.05, 0) is 66.3 Å². The van der Waals surface area contributed by atoms with E-state index in [1.54, 1.807) is 0 Å². The summed E-state index contributed by atoms with van der Waals surface area (Å²) in [5.41, 5.74) is 9.02. The molecule has 3 N–H and O–H groups in total. The van der Waals surface area contributed by atoms with Crippen LogP contribution in [-0.4, -0.2) is 44.1 Å². The summed E-state index contributed by atoms with van der Waals surface area (Å²) in [5.74, 6) is -1.41. The fourth-order valence-electron chi connectivity index (χ4n) is 5.80. The van der Waals surface area contributed by atoms with E-state index in [0.29, 0.717) is 35.8 Å². The molecule has 10 nitrogen and oxygen atoms in total. The van der Waals surface area contributed by atoms with Gasteiger partial charge in [-0.25, -0.2) is 8.42 Å². The first-order valence-electron chi connectivity index (χ1n) is 14.7. The number of amides is 3. The van der Waals surface area contributed by atoms with Crippen LogP contribution < -0.4 is 20.5 Å². The summed E-state index contributed by atoms with van der Waals surface area (Å²) < 4.78 is 28.5. The predicted molar refractivity (Wildman–Crippen MR) is 174 cm³/mol. The minimum absolute atomic E-state index is 0.0937. The Morgan fingerprint density at radius 1 is 0.844 bits per heavy atom. The number of fused-ring (bicyclic) bond motifs is 2. The fourth-order valence-corrected chi connectivity index (χ4v) is 8.62. The van der Waals surface area contributed by atoms with E-state index in [9.17, 15) is 22.8 Å². The number of carbonyl (C=O) groups is 3. The molecule has 2 aliphatic heterocycles. The van der Waals surface area contributed by atoms with Gasteiger partial charge in [0.25, 0.3) is 21.8 Å². The van der Waals surface area contributed by atoms with Crippen LogP contribution in [0.15, 0.2) is 83.8 Å². The van der Waals surface area contributed by atoms with E-state index in [2.05, 4.69) is 33.2 Å². The third-order valence-corrected chi connectivity index (χ3v) is 10.9. The normalized spacial score (nSPS) is 14.6. The Labute approximate surface area is 266 Å². The average Bonchev–Trinajstić information content (AvgIpc) is 3.40. The van der Waals surface area contributed by atoms with Crippen molar-refractivity contribution in [2.75, 3.05) is 22.7 Å². The number of nitrogens with zero attached hydrogens (tertiary/aromatic N) is 2. The van der Waals surface area contributed by atoms with Crippen LogP contribution >= 0.6 is 11.3 Å². The molecule has 232 valence electrons. The van der Waals surface area contributed by atoms with Gasteiger partial charge in [0, 0.05) is 43.5 Å². The summed E-state index contributed by atoms with van der Waals surface area (Å²) in [7, 11) is -3.83. The van der Waals surface area contributed by atoms with Crippen molar-refractivity contribution in [2.24, 2.45) is 0 Å². The average molecular weight is 644 g/mol. The third kappa shape index (κ3) is 6.48. The smallest absolute Gasteiger partial charge is 0.272 e. The first-order valence-corrected chi connectivity index (χ1v) is 17.0. The maximum absolute atomic E-state index is 13.6. The molecule has 0 aliphatic carbocycles. The maximum Gasteiger partial charge on any atom is 0.272 e. The van der Waals surface area contributed by atoms with Crippen LogP contribution in [0.3, 0.4) is 0 Å². The molecule has 0 fully saturated rings. The summed E-state index contributed by atoms with van der Waals surface area (Å²) in [5, 5.41) is 3.25. The zero-order chi connectivity index (χ0) is 31.6. The minimum Gasteiger partial charge on any atom is -0.313 e. The molecule has 1 aromatic heterocycles. The van der Waals surface area contributed by atoms with Crippen molar-refractivity contribution in [3.8, 4) is 0 Å². The summed E-state index contributed by atoms with van der Waals surface area (Å²) >= 11 is 1.33. The zero-order valence-corrected chi connectivity index (χ0v) is 26.3. The molecule has 0 radical (unpaired) electrons. The highest BCUT2D eigenvalue weighted by atomic mass is 32.2. The Morgan fingerprint density at radius 3 is 2.33 bits per heavy atom. The van der Waals surface area contributed by atoms with Gasteiger partial charge in [0.1, 0.15) is 5.00 Å². The quantitative estimate of drug-likeness (QED) is 0.255. The number of nitrogens with one attached hydrogen (secondary N) is 3. The fraction of sp³-hybridized carbons (Fsp3) is 0.242. The lowest BCUT2D eigenvalue weighted by Gasteiger charge is -2.30. The number of sulfonamides is 1. The second-order valence-corrected chi connectivity index (χ2v) is 14.0. The monoisotopic (exact) mass is 643 g/mol. The zero-order valence-electron chi connectivity index (χ0n) is 24.7. The SMILES string of the molecule is CC(=O)NNC(=O)c1c(NC(=O)c2ccc(S(=O)(=O)N3CCCc4ccccc43)cc2)sc2c1CCN(Cc1ccccc1)C2. The third-order valence-electron chi connectivity index (χ3n) is 7.96. The summed E-state index contributed by atoms with van der Waals surface area (Å²) in [4.78, 5) is 41.5. The van der Waals surface area contributed by atoms with E-state index >= 15 is 0 Å². The van der Waals surface area contributed by atoms with Gasteiger partial charge in [0.2, 0.25) is 5.91 Å². The van der Waals surface area contributed by atoms with Crippen LogP contribution in [0.4, 0.5) is 10.7 Å². The van der Waals surface area contributed by atoms with Crippen LogP contribution in [0.1, 0.15) is 55.6 Å². The summed E-state index contributed by atoms with van der Waals surface area (Å²) in [6.07, 6.45) is 2.15. The van der Waals surface area contributed by atoms with Crippen molar-refractivity contribution in [3.63, 3.8) is 0 Å². The molecule has 0 atom stereocenters. The van der Waals surface area contributed by atoms with Crippen molar-refractivity contribution in [3.05, 3.63) is 112 Å². The lowest BCUT2D eigenvalue weighted by atomic mass is 10.0. The van der Waals surface area contributed by atoms with E-state index in [1.165, 1.54) is 52.4 Å². The van der Waals surface area contributed by atoms with E-state index in [0.717, 1.165) is 41.9 Å². The first kappa shape index (κ1) is 30.5. The summed E-state index contributed by atoms with van der Waals surface area (Å²) in [6.45, 7) is 3.77. The topological polar surface area (TPSA) is 128 Å². The van der Waals surface area contributed by atoms with Gasteiger partial charge in [0.05, 0.1) is 16.1 Å². The second kappa shape index (κ2) is 12.8. The number of hydrogen-bond acceptors (Lipinski definition) is 7. The molecule has 0 saturated carbocycles. The van der Waals surface area contributed by atoms with Crippen molar-refractivity contribution < 1.29 is 22.8 Å². The van der Waals surface area contributed by atoms with E-state index in [1.807, 2.05) is 42.5 Å². The van der Waals surface area contributed by atoms with Gasteiger partial charge < -0.3 is 5.32 Å². The highest BCUT2D eigenvalue weighted by Gasteiger charge is 2.31. The largest absolute Gasteiger partial charge is 0.313 e. The van der Waals surface area contributed by atoms with Gasteiger partial charge in [-0.1, -0.05) is 48.5 Å². The number of anilines is 2. The highest BCUT2D eigenvalue weighted by molar-refractivity contribution is 7.92. The van der Waals surface area contributed by atoms with Gasteiger partial charge in [-0.15, -0.1) is 11.3 Å². The molecule has 0 bridgehead atoms. The number of hydrazine groups is 1. The van der Waals surface area contributed by atoms with E-state index in [4.69, 9.17) is 0 Å². The molecule has 0 unspecified atom stereocenters. The molecule has 2 aliphatic rings. The molecule has 6 rings (SSSR count). The number of thiophene rings is 1. The molecule has 3 amide bonds. The van der Waals surface area contributed by atoms with E-state index in [-0.39, 0.29) is 10.5 Å². The molecule has 12 heteroatoms. The second-order valence-electron chi connectivity index (χ2n) is 11.1. The molecule has 3 heterocycles. The molecular formula is C33H33N5O5S2. The molecule has 45 heavy (non-hydrogen) atoms. The van der Waals surface area contributed by atoms with E-state index < -0.39 is 27.7 Å². The van der Waals surface area contributed by atoms with Crippen molar-refractivity contribution in [1.82, 2.24) is 15.8 Å². The maximum atomic E-state index is 13.6. The van der Waals surface area contributed by atoms with Crippen molar-refractivity contribution in [2.45, 2.75) is 44.2 Å². The number of para-hydroxylation sites is 1. The molecule has 0 saturated heterocycles. The lowest BCUT2D eigenvalue weighted by molar-refractivity contribution is -0.119. The summed E-state index contributed by atoms with van der Waals surface area (Å²) in [6, 6.07) is 23.4. The number of carbonyl (C=O) groups excluding carboxylic acids is 3. The highest BCUT2D eigenvalue weighted by Crippen LogP contribution is 2.38. The lowest BCUT2D eigenvalue weighted by Crippen LogP contribution is -2.41. The molecular weight excluding hydrogens is 611 g/mol. The van der Waals surface area contributed by atoms with Crippen molar-refractivity contribution >= 4 is 49.8 Å². The number of benzene rings is 3. The Balaban J connectivity index is 1.23. The number of hydrogen-bond donors (Lipinski definition) is 3.